The normalized spacial score (nSPS) is 15.2. The monoisotopic (exact) mass is 858 g/mol. The van der Waals surface area contributed by atoms with E-state index in [2.05, 4.69) is 212 Å². The Labute approximate surface area is 385 Å². The van der Waals surface area contributed by atoms with Crippen molar-refractivity contribution in [2.75, 3.05) is 23.5 Å². The Morgan fingerprint density at radius 3 is 1.75 bits per heavy atom. The molecule has 0 bridgehead atoms. The van der Waals surface area contributed by atoms with Gasteiger partial charge in [-0.05, 0) is 108 Å². The number of imidazole rings is 1. The van der Waals surface area contributed by atoms with Crippen LogP contribution in [0, 0.1) is 0 Å². The van der Waals surface area contributed by atoms with Gasteiger partial charge in [-0.15, -0.1) is 0 Å². The van der Waals surface area contributed by atoms with E-state index in [1.54, 1.807) is 0 Å². The lowest BCUT2D eigenvalue weighted by Gasteiger charge is -2.46. The second-order valence-electron chi connectivity index (χ2n) is 23.2. The first-order chi connectivity index (χ1) is 30.6. The average molecular weight is 858 g/mol. The summed E-state index contributed by atoms with van der Waals surface area (Å²) in [6.45, 7) is 29.4. The molecule has 8 aromatic rings. The summed E-state index contributed by atoms with van der Waals surface area (Å²) >= 11 is 0. The van der Waals surface area contributed by atoms with Crippen molar-refractivity contribution in [3.05, 3.63) is 160 Å². The van der Waals surface area contributed by atoms with Crippen LogP contribution in [-0.2, 0) is 34.1 Å². The lowest BCUT2D eigenvalue weighted by atomic mass is 9.59. The molecule has 11 rings (SSSR count). The van der Waals surface area contributed by atoms with Gasteiger partial charge in [-0.25, -0.2) is 4.98 Å². The standard InChI is InChI=1S/C59H63N5O/c1-55(2,3)35-28-41-42-29-36(56(4,5)6)31-46(58(10,11)12)52(42)59(51(41)45(30-35)57(7,8)9)43-25-23-38(33-50(43)63-34-62(14)48-21-17-19-44(59)53(48)63)65-37-22-24-40-39-18-15-16-20-47(39)64(49(40)32-37)54-60-26-27-61(54)13/h15-33H,34H2,1-14H3. The summed E-state index contributed by atoms with van der Waals surface area (Å²) in [7, 11) is 4.28. The fourth-order valence-corrected chi connectivity index (χ4v) is 11.4. The van der Waals surface area contributed by atoms with Gasteiger partial charge in [-0.1, -0.05) is 144 Å². The van der Waals surface area contributed by atoms with Crippen molar-refractivity contribution in [1.82, 2.24) is 14.1 Å². The quantitative estimate of drug-likeness (QED) is 0.177. The summed E-state index contributed by atoms with van der Waals surface area (Å²) in [5.74, 6) is 2.46. The number of aromatic nitrogens is 3. The molecule has 3 aliphatic rings. The van der Waals surface area contributed by atoms with Crippen LogP contribution in [0.25, 0.3) is 38.9 Å². The maximum Gasteiger partial charge on any atom is 0.214 e. The molecule has 0 amide bonds. The zero-order valence-electron chi connectivity index (χ0n) is 40.8. The van der Waals surface area contributed by atoms with Crippen molar-refractivity contribution < 1.29 is 4.74 Å². The molecule has 6 nitrogen and oxygen atoms in total. The van der Waals surface area contributed by atoms with E-state index in [-0.39, 0.29) is 21.7 Å². The Balaban J connectivity index is 1.21. The highest BCUT2D eigenvalue weighted by atomic mass is 16.5. The van der Waals surface area contributed by atoms with Gasteiger partial charge in [-0.2, -0.15) is 0 Å². The molecule has 0 saturated heterocycles. The predicted octanol–water partition coefficient (Wildman–Crippen LogP) is 14.7. The minimum Gasteiger partial charge on any atom is -0.457 e. The minimum atomic E-state index is -0.606. The van der Waals surface area contributed by atoms with Crippen molar-refractivity contribution in [2.24, 2.45) is 7.05 Å². The third-order valence-corrected chi connectivity index (χ3v) is 14.7. The van der Waals surface area contributed by atoms with Crippen LogP contribution in [0.15, 0.2) is 116 Å². The summed E-state index contributed by atoms with van der Waals surface area (Å²) in [6, 6.07) is 39.3. The summed E-state index contributed by atoms with van der Waals surface area (Å²) in [4.78, 5) is 9.75. The van der Waals surface area contributed by atoms with Crippen LogP contribution in [0.3, 0.4) is 0 Å². The van der Waals surface area contributed by atoms with E-state index >= 15 is 0 Å². The molecule has 4 heterocycles. The van der Waals surface area contributed by atoms with E-state index in [1.165, 1.54) is 83.5 Å². The van der Waals surface area contributed by atoms with E-state index in [9.17, 15) is 0 Å². The van der Waals surface area contributed by atoms with Crippen molar-refractivity contribution >= 4 is 38.9 Å². The number of anilines is 3. The first kappa shape index (κ1) is 41.4. The second-order valence-corrected chi connectivity index (χ2v) is 23.2. The van der Waals surface area contributed by atoms with Crippen LogP contribution in [0.2, 0.25) is 0 Å². The van der Waals surface area contributed by atoms with E-state index < -0.39 is 5.41 Å². The SMILES string of the molecule is CN1CN2c3cc(Oc4ccc5c6ccccc6n(-c6nccn6C)c5c4)ccc3C3(c4cccc1c42)c1c(cc(C(C)(C)C)cc1C(C)(C)C)-c1cc(C(C)(C)C)cc(C(C)(C)C)c13. The van der Waals surface area contributed by atoms with E-state index in [1.807, 2.05) is 19.4 Å². The number of rotatable bonds is 3. The van der Waals surface area contributed by atoms with Crippen molar-refractivity contribution in [1.29, 1.82) is 0 Å². The maximum absolute atomic E-state index is 7.05. The number of aryl methyl sites for hydroxylation is 1. The lowest BCUT2D eigenvalue weighted by molar-refractivity contribution is 0.482. The van der Waals surface area contributed by atoms with Gasteiger partial charge in [0.15, 0.2) is 0 Å². The molecular formula is C59H63N5O. The van der Waals surface area contributed by atoms with E-state index in [0.717, 1.165) is 35.1 Å². The second kappa shape index (κ2) is 13.4. The van der Waals surface area contributed by atoms with Crippen LogP contribution < -0.4 is 14.5 Å². The highest BCUT2D eigenvalue weighted by Crippen LogP contribution is 2.68. The van der Waals surface area contributed by atoms with Crippen LogP contribution in [0.1, 0.15) is 128 Å². The number of fused-ring (bicyclic) bond motifs is 12. The highest BCUT2D eigenvalue weighted by molar-refractivity contribution is 6.09. The highest BCUT2D eigenvalue weighted by Gasteiger charge is 2.57. The first-order valence-electron chi connectivity index (χ1n) is 23.4. The smallest absolute Gasteiger partial charge is 0.214 e. The van der Waals surface area contributed by atoms with Crippen molar-refractivity contribution in [3.63, 3.8) is 0 Å². The molecular weight excluding hydrogens is 795 g/mol. The molecule has 2 aromatic heterocycles. The maximum atomic E-state index is 7.05. The third kappa shape index (κ3) is 5.87. The van der Waals surface area contributed by atoms with Crippen LogP contribution in [-0.4, -0.2) is 27.8 Å². The van der Waals surface area contributed by atoms with Gasteiger partial charge in [0.1, 0.15) is 11.5 Å². The molecule has 0 radical (unpaired) electrons. The number of hydrogen-bond acceptors (Lipinski definition) is 4. The largest absolute Gasteiger partial charge is 0.457 e. The van der Waals surface area contributed by atoms with Gasteiger partial charge >= 0.3 is 0 Å². The number of benzene rings is 6. The Bertz CT molecular complexity index is 3210. The molecule has 0 fully saturated rings. The molecule has 0 atom stereocenters. The average Bonchev–Trinajstić information content (AvgIpc) is 3.98. The third-order valence-electron chi connectivity index (χ3n) is 14.7. The predicted molar refractivity (Wildman–Crippen MR) is 272 cm³/mol. The van der Waals surface area contributed by atoms with Crippen LogP contribution in [0.5, 0.6) is 11.5 Å². The van der Waals surface area contributed by atoms with Gasteiger partial charge < -0.3 is 19.1 Å². The zero-order valence-corrected chi connectivity index (χ0v) is 40.8. The van der Waals surface area contributed by atoms with Crippen LogP contribution in [0.4, 0.5) is 17.1 Å². The molecule has 6 aromatic carbocycles. The van der Waals surface area contributed by atoms with Gasteiger partial charge in [0, 0.05) is 49.4 Å². The fraction of sp³-hybridized carbons (Fsp3) is 0.339. The Hall–Kier alpha value is -6.27. The number of nitrogens with zero attached hydrogens (tertiary/aromatic N) is 5. The van der Waals surface area contributed by atoms with Gasteiger partial charge in [0.05, 0.1) is 40.2 Å². The Kier molecular flexibility index (Phi) is 8.54. The number of para-hydroxylation sites is 2. The number of ether oxygens (including phenoxy) is 1. The molecule has 0 N–H and O–H groups in total. The summed E-state index contributed by atoms with van der Waals surface area (Å²) in [5, 5.41) is 2.36. The Morgan fingerprint density at radius 1 is 0.554 bits per heavy atom. The molecule has 1 aliphatic carbocycles. The van der Waals surface area contributed by atoms with Crippen molar-refractivity contribution in [3.8, 4) is 28.6 Å². The van der Waals surface area contributed by atoms with E-state index in [0.29, 0.717) is 0 Å². The van der Waals surface area contributed by atoms with Crippen molar-refractivity contribution in [2.45, 2.75) is 110 Å². The summed E-state index contributed by atoms with van der Waals surface area (Å²) < 4.78 is 11.4. The zero-order chi connectivity index (χ0) is 45.9. The molecule has 2 aliphatic heterocycles. The Morgan fingerprint density at radius 2 is 1.15 bits per heavy atom. The summed E-state index contributed by atoms with van der Waals surface area (Å²) in [5.41, 5.74) is 18.7. The molecule has 0 unspecified atom stereocenters. The lowest BCUT2D eigenvalue weighted by Crippen LogP contribution is -2.40. The van der Waals surface area contributed by atoms with Gasteiger partial charge in [0.2, 0.25) is 5.95 Å². The van der Waals surface area contributed by atoms with Gasteiger partial charge in [-0.3, -0.25) is 4.57 Å². The van der Waals surface area contributed by atoms with Gasteiger partial charge in [0.25, 0.3) is 0 Å². The molecule has 330 valence electrons. The number of hydrogen-bond donors (Lipinski definition) is 0. The topological polar surface area (TPSA) is 38.5 Å². The molecule has 1 spiro atoms. The fourth-order valence-electron chi connectivity index (χ4n) is 11.4. The first-order valence-corrected chi connectivity index (χ1v) is 23.4. The van der Waals surface area contributed by atoms with Crippen LogP contribution >= 0.6 is 0 Å². The molecule has 6 heteroatoms. The molecule has 65 heavy (non-hydrogen) atoms. The summed E-state index contributed by atoms with van der Waals surface area (Å²) in [6.07, 6.45) is 3.86. The molecule has 0 saturated carbocycles. The minimum absolute atomic E-state index is 0.0432. The van der Waals surface area contributed by atoms with E-state index in [4.69, 9.17) is 9.72 Å².